The zero-order valence-electron chi connectivity index (χ0n) is 21.9. The molecule has 0 spiro atoms. The molecule has 0 aromatic heterocycles. The lowest BCUT2D eigenvalue weighted by molar-refractivity contribution is -0.135. The van der Waals surface area contributed by atoms with Gasteiger partial charge in [0.1, 0.15) is 6.04 Å². The first-order valence-electron chi connectivity index (χ1n) is 12.9. The van der Waals surface area contributed by atoms with Gasteiger partial charge in [0.25, 0.3) is 0 Å². The van der Waals surface area contributed by atoms with Crippen LogP contribution in [0, 0.1) is 5.92 Å². The fraction of sp³-hybridized carbons (Fsp3) is 0.769. The molecule has 1 aliphatic heterocycles. The molecule has 1 rings (SSSR count). The molecule has 1 heterocycles. The quantitative estimate of drug-likeness (QED) is 0.202. The molecule has 34 heavy (non-hydrogen) atoms. The number of likely N-dealkylation sites (N-methyl/N-ethyl adjacent to an activating group) is 1. The summed E-state index contributed by atoms with van der Waals surface area (Å²) in [7, 11) is 1.67. The number of nitrogens with zero attached hydrogens (tertiary/aromatic N) is 2. The Morgan fingerprint density at radius 3 is 2.35 bits per heavy atom. The van der Waals surface area contributed by atoms with Crippen LogP contribution in [0.25, 0.3) is 0 Å². The maximum absolute atomic E-state index is 13.2. The maximum Gasteiger partial charge on any atom is 0.249 e. The van der Waals surface area contributed by atoms with E-state index in [1.165, 1.54) is 32.1 Å². The van der Waals surface area contributed by atoms with Crippen molar-refractivity contribution in [3.63, 3.8) is 0 Å². The van der Waals surface area contributed by atoms with Crippen LogP contribution >= 0.6 is 0 Å². The summed E-state index contributed by atoms with van der Waals surface area (Å²) in [6.07, 6.45) is 12.1. The monoisotopic (exact) mass is 478 g/mol. The molecule has 0 aromatic rings. The van der Waals surface area contributed by atoms with Gasteiger partial charge >= 0.3 is 0 Å². The predicted octanol–water partition coefficient (Wildman–Crippen LogP) is 3.02. The summed E-state index contributed by atoms with van der Waals surface area (Å²) in [4.78, 5) is 52.0. The summed E-state index contributed by atoms with van der Waals surface area (Å²) in [5.74, 6) is -0.387. The summed E-state index contributed by atoms with van der Waals surface area (Å²) >= 11 is 0. The van der Waals surface area contributed by atoms with Crippen LogP contribution in [0.4, 0.5) is 0 Å². The minimum Gasteiger partial charge on any atom is -0.354 e. The maximum atomic E-state index is 13.2. The van der Waals surface area contributed by atoms with Crippen LogP contribution < -0.4 is 10.6 Å². The van der Waals surface area contributed by atoms with Crippen molar-refractivity contribution in [1.29, 1.82) is 0 Å². The third kappa shape index (κ3) is 9.85. The van der Waals surface area contributed by atoms with Gasteiger partial charge < -0.3 is 20.4 Å². The summed E-state index contributed by atoms with van der Waals surface area (Å²) < 4.78 is 0. The van der Waals surface area contributed by atoms with E-state index in [9.17, 15) is 19.2 Å². The van der Waals surface area contributed by atoms with E-state index < -0.39 is 6.04 Å². The standard InChI is InChI=1S/C26H46N4O4/c1-6-7-8-9-10-11-12-15-28-25(33)22-14-13-16-30(22)26(34)21(4)17-23(20(2)3)29(5)24(32)18-27-19-31/h17,19-20,22-23H,6-16,18H2,1-5H3,(H,27,31)(H,28,33)/b21-17+/t22?,23-/m1/s1. The number of nitrogens with one attached hydrogen (secondary N) is 2. The topological polar surface area (TPSA) is 98.8 Å². The molecule has 1 aliphatic rings. The fourth-order valence-electron chi connectivity index (χ4n) is 4.42. The molecule has 1 saturated heterocycles. The zero-order chi connectivity index (χ0) is 25.5. The molecule has 0 saturated carbocycles. The van der Waals surface area contributed by atoms with Crippen molar-refractivity contribution >= 4 is 24.1 Å². The first kappa shape index (κ1) is 29.7. The Bertz CT molecular complexity index is 692. The van der Waals surface area contributed by atoms with Crippen LogP contribution in [-0.2, 0) is 19.2 Å². The highest BCUT2D eigenvalue weighted by atomic mass is 16.2. The Kier molecular flexibility index (Phi) is 14.2. The largest absolute Gasteiger partial charge is 0.354 e. The van der Waals surface area contributed by atoms with E-state index in [1.807, 2.05) is 13.8 Å². The van der Waals surface area contributed by atoms with E-state index in [1.54, 1.807) is 29.8 Å². The van der Waals surface area contributed by atoms with Crippen molar-refractivity contribution in [2.45, 2.75) is 97.6 Å². The van der Waals surface area contributed by atoms with Crippen LogP contribution in [0.3, 0.4) is 0 Å². The highest BCUT2D eigenvalue weighted by Gasteiger charge is 2.34. The van der Waals surface area contributed by atoms with Crippen molar-refractivity contribution in [1.82, 2.24) is 20.4 Å². The highest BCUT2D eigenvalue weighted by molar-refractivity contribution is 5.97. The molecule has 2 N–H and O–H groups in total. The van der Waals surface area contributed by atoms with Crippen LogP contribution in [0.2, 0.25) is 0 Å². The molecule has 0 aliphatic carbocycles. The van der Waals surface area contributed by atoms with Crippen LogP contribution in [0.5, 0.6) is 0 Å². The van der Waals surface area contributed by atoms with Gasteiger partial charge in [-0.25, -0.2) is 0 Å². The Hall–Kier alpha value is -2.38. The van der Waals surface area contributed by atoms with Crippen LogP contribution in [0.1, 0.15) is 85.5 Å². The Morgan fingerprint density at radius 1 is 1.09 bits per heavy atom. The average Bonchev–Trinajstić information content (AvgIpc) is 3.31. The number of rotatable bonds is 16. The fourth-order valence-corrected chi connectivity index (χ4v) is 4.42. The van der Waals surface area contributed by atoms with Gasteiger partial charge in [0.15, 0.2) is 0 Å². The van der Waals surface area contributed by atoms with E-state index >= 15 is 0 Å². The Labute approximate surface area is 205 Å². The SMILES string of the molecule is CCCCCCCCCNC(=O)C1CCCN1C(=O)/C(C)=C/[C@H](C(C)C)N(C)C(=O)CNC=O. The van der Waals surface area contributed by atoms with E-state index in [4.69, 9.17) is 0 Å². The van der Waals surface area contributed by atoms with Crippen molar-refractivity contribution < 1.29 is 19.2 Å². The molecule has 2 atom stereocenters. The predicted molar refractivity (Wildman–Crippen MR) is 135 cm³/mol. The number of carbonyl (C=O) groups excluding carboxylic acids is 4. The molecule has 4 amide bonds. The number of likely N-dealkylation sites (tertiary alicyclic amines) is 1. The van der Waals surface area contributed by atoms with Crippen LogP contribution in [-0.4, -0.2) is 72.7 Å². The smallest absolute Gasteiger partial charge is 0.249 e. The molecule has 0 bridgehead atoms. The van der Waals surface area contributed by atoms with E-state index in [-0.39, 0.29) is 36.2 Å². The second-order valence-corrected chi connectivity index (χ2v) is 9.66. The minimum atomic E-state index is -0.436. The molecule has 1 unspecified atom stereocenters. The number of hydrogen-bond donors (Lipinski definition) is 2. The minimum absolute atomic E-state index is 0.0720. The molecule has 8 heteroatoms. The van der Waals surface area contributed by atoms with Gasteiger partial charge in [-0.05, 0) is 32.1 Å². The first-order valence-corrected chi connectivity index (χ1v) is 12.9. The number of unbranched alkanes of at least 4 members (excludes halogenated alkanes) is 6. The zero-order valence-corrected chi connectivity index (χ0v) is 21.9. The molecule has 0 radical (unpaired) electrons. The lowest BCUT2D eigenvalue weighted by Gasteiger charge is -2.30. The number of amides is 4. The van der Waals surface area contributed by atoms with E-state index in [2.05, 4.69) is 17.6 Å². The third-order valence-electron chi connectivity index (χ3n) is 6.51. The summed E-state index contributed by atoms with van der Waals surface area (Å²) in [5.41, 5.74) is 0.522. The lowest BCUT2D eigenvalue weighted by atomic mass is 9.99. The Balaban J connectivity index is 2.66. The van der Waals surface area contributed by atoms with Crippen molar-refractivity contribution in [2.75, 3.05) is 26.7 Å². The van der Waals surface area contributed by atoms with E-state index in [0.717, 1.165) is 19.3 Å². The van der Waals surface area contributed by atoms with E-state index in [0.29, 0.717) is 31.5 Å². The summed E-state index contributed by atoms with van der Waals surface area (Å²) in [6.45, 7) is 9.03. The summed E-state index contributed by atoms with van der Waals surface area (Å²) in [5, 5.41) is 5.41. The van der Waals surface area contributed by atoms with Crippen molar-refractivity contribution in [3.05, 3.63) is 11.6 Å². The molecule has 1 fully saturated rings. The molecular weight excluding hydrogens is 432 g/mol. The van der Waals surface area contributed by atoms with Crippen LogP contribution in [0.15, 0.2) is 11.6 Å². The lowest BCUT2D eigenvalue weighted by Crippen LogP contribution is -2.47. The van der Waals surface area contributed by atoms with Gasteiger partial charge in [-0.1, -0.05) is 65.4 Å². The van der Waals surface area contributed by atoms with Crippen molar-refractivity contribution in [2.24, 2.45) is 5.92 Å². The third-order valence-corrected chi connectivity index (χ3v) is 6.51. The van der Waals surface area contributed by atoms with Gasteiger partial charge in [0.2, 0.25) is 24.1 Å². The number of hydrogen-bond acceptors (Lipinski definition) is 4. The van der Waals surface area contributed by atoms with Gasteiger partial charge in [0, 0.05) is 25.7 Å². The number of carbonyl (C=O) groups is 4. The second-order valence-electron chi connectivity index (χ2n) is 9.66. The highest BCUT2D eigenvalue weighted by Crippen LogP contribution is 2.21. The first-order chi connectivity index (χ1) is 16.2. The molecule has 8 nitrogen and oxygen atoms in total. The molecule has 194 valence electrons. The normalized spacial score (nSPS) is 16.9. The average molecular weight is 479 g/mol. The molecular formula is C26H46N4O4. The van der Waals surface area contributed by atoms with Gasteiger partial charge in [0.05, 0.1) is 12.6 Å². The molecule has 0 aromatic carbocycles. The van der Waals surface area contributed by atoms with Gasteiger partial charge in [-0.2, -0.15) is 0 Å². The second kappa shape index (κ2) is 16.3. The summed E-state index contributed by atoms with van der Waals surface area (Å²) in [6, 6.07) is -0.730. The Morgan fingerprint density at radius 2 is 1.74 bits per heavy atom. The van der Waals surface area contributed by atoms with Gasteiger partial charge in [-0.3, -0.25) is 19.2 Å². The van der Waals surface area contributed by atoms with Gasteiger partial charge in [-0.15, -0.1) is 0 Å². The van der Waals surface area contributed by atoms with Crippen molar-refractivity contribution in [3.8, 4) is 0 Å².